The highest BCUT2D eigenvalue weighted by Gasteiger charge is 2.25. The Bertz CT molecular complexity index is 1340. The molecule has 158 valence electrons. The summed E-state index contributed by atoms with van der Waals surface area (Å²) in [7, 11) is 1.60. The molecule has 0 bridgehead atoms. The third kappa shape index (κ3) is 3.72. The van der Waals surface area contributed by atoms with Crippen LogP contribution >= 0.6 is 11.3 Å². The fourth-order valence-corrected chi connectivity index (χ4v) is 4.73. The molecular formula is C24H23N3O3S. The van der Waals surface area contributed by atoms with Crippen molar-refractivity contribution in [3.8, 4) is 28.3 Å². The van der Waals surface area contributed by atoms with E-state index in [-0.39, 0.29) is 5.56 Å². The number of amides is 1. The highest BCUT2D eigenvalue weighted by molar-refractivity contribution is 7.17. The molecule has 31 heavy (non-hydrogen) atoms. The SMILES string of the molecule is CCC(C(N)=O)n1c(-c2cccc(C)c2)nc2scc(-c3cccc(OC)c3)c2c1=O. The van der Waals surface area contributed by atoms with Crippen LogP contribution < -0.4 is 16.0 Å². The van der Waals surface area contributed by atoms with Gasteiger partial charge in [-0.2, -0.15) is 0 Å². The topological polar surface area (TPSA) is 87.2 Å². The molecule has 0 aliphatic carbocycles. The van der Waals surface area contributed by atoms with E-state index in [9.17, 15) is 9.59 Å². The van der Waals surface area contributed by atoms with Crippen molar-refractivity contribution >= 4 is 27.5 Å². The number of hydrogen-bond donors (Lipinski definition) is 1. The molecule has 6 nitrogen and oxygen atoms in total. The van der Waals surface area contributed by atoms with Crippen molar-refractivity contribution in [1.29, 1.82) is 0 Å². The maximum atomic E-state index is 13.8. The molecule has 1 unspecified atom stereocenters. The largest absolute Gasteiger partial charge is 0.497 e. The van der Waals surface area contributed by atoms with Gasteiger partial charge >= 0.3 is 0 Å². The Labute approximate surface area is 183 Å². The Hall–Kier alpha value is -3.45. The summed E-state index contributed by atoms with van der Waals surface area (Å²) in [6, 6.07) is 14.5. The number of nitrogens with zero attached hydrogens (tertiary/aromatic N) is 2. The number of aromatic nitrogens is 2. The lowest BCUT2D eigenvalue weighted by atomic mass is 10.0. The molecule has 0 aliphatic rings. The van der Waals surface area contributed by atoms with Gasteiger partial charge in [0.15, 0.2) is 0 Å². The molecule has 1 atom stereocenters. The predicted molar refractivity (Wildman–Crippen MR) is 125 cm³/mol. The van der Waals surface area contributed by atoms with E-state index in [0.717, 1.165) is 22.3 Å². The van der Waals surface area contributed by atoms with Gasteiger partial charge < -0.3 is 10.5 Å². The summed E-state index contributed by atoms with van der Waals surface area (Å²) >= 11 is 1.40. The molecule has 2 N–H and O–H groups in total. The average Bonchev–Trinajstić information content (AvgIpc) is 3.20. The first kappa shape index (κ1) is 20.8. The number of aryl methyl sites for hydroxylation is 1. The van der Waals surface area contributed by atoms with Crippen LogP contribution in [0.5, 0.6) is 5.75 Å². The lowest BCUT2D eigenvalue weighted by Crippen LogP contribution is -2.35. The van der Waals surface area contributed by atoms with Gasteiger partial charge in [-0.15, -0.1) is 11.3 Å². The van der Waals surface area contributed by atoms with Gasteiger partial charge in [0.05, 0.1) is 12.5 Å². The van der Waals surface area contributed by atoms with E-state index in [4.69, 9.17) is 15.5 Å². The number of methoxy groups -OCH3 is 1. The molecule has 0 saturated heterocycles. The summed E-state index contributed by atoms with van der Waals surface area (Å²) in [4.78, 5) is 31.5. The van der Waals surface area contributed by atoms with E-state index in [1.54, 1.807) is 7.11 Å². The summed E-state index contributed by atoms with van der Waals surface area (Å²) in [6.45, 7) is 3.81. The van der Waals surface area contributed by atoms with E-state index < -0.39 is 11.9 Å². The molecule has 0 spiro atoms. The number of benzene rings is 2. The third-order valence-corrected chi connectivity index (χ3v) is 6.20. The van der Waals surface area contributed by atoms with Gasteiger partial charge in [0.1, 0.15) is 22.4 Å². The van der Waals surface area contributed by atoms with Crippen LogP contribution in [0.15, 0.2) is 58.7 Å². The number of hydrogen-bond acceptors (Lipinski definition) is 5. The van der Waals surface area contributed by atoms with Crippen LogP contribution in [-0.2, 0) is 4.79 Å². The zero-order valence-corrected chi connectivity index (χ0v) is 18.4. The molecule has 4 aromatic rings. The molecule has 0 radical (unpaired) electrons. The minimum Gasteiger partial charge on any atom is -0.497 e. The van der Waals surface area contributed by atoms with Crippen molar-refractivity contribution in [2.24, 2.45) is 5.73 Å². The predicted octanol–water partition coefficient (Wildman–Crippen LogP) is 4.55. The van der Waals surface area contributed by atoms with Crippen LogP contribution in [-0.4, -0.2) is 22.6 Å². The summed E-state index contributed by atoms with van der Waals surface area (Å²) in [6.07, 6.45) is 0.389. The van der Waals surface area contributed by atoms with Gasteiger partial charge in [-0.3, -0.25) is 14.2 Å². The highest BCUT2D eigenvalue weighted by atomic mass is 32.1. The van der Waals surface area contributed by atoms with E-state index in [2.05, 4.69) is 0 Å². The second kappa shape index (κ2) is 8.35. The molecule has 0 aliphatic heterocycles. The van der Waals surface area contributed by atoms with Gasteiger partial charge in [0.25, 0.3) is 5.56 Å². The number of rotatable bonds is 6. The van der Waals surface area contributed by atoms with Gasteiger partial charge in [0, 0.05) is 16.5 Å². The molecule has 7 heteroatoms. The number of ether oxygens (including phenoxy) is 1. The van der Waals surface area contributed by atoms with Crippen LogP contribution in [0.2, 0.25) is 0 Å². The zero-order chi connectivity index (χ0) is 22.1. The second-order valence-electron chi connectivity index (χ2n) is 7.37. The molecule has 4 rings (SSSR count). The first-order valence-corrected chi connectivity index (χ1v) is 10.9. The highest BCUT2D eigenvalue weighted by Crippen LogP contribution is 2.34. The maximum absolute atomic E-state index is 13.8. The van der Waals surface area contributed by atoms with Crippen LogP contribution in [0.1, 0.15) is 24.9 Å². The number of carbonyl (C=O) groups excluding carboxylic acids is 1. The lowest BCUT2D eigenvalue weighted by molar-refractivity contribution is -0.121. The number of nitrogens with two attached hydrogens (primary N) is 1. The Morgan fingerprint density at radius 3 is 2.61 bits per heavy atom. The summed E-state index contributed by atoms with van der Waals surface area (Å²) in [5.74, 6) is 0.591. The van der Waals surface area contributed by atoms with Gasteiger partial charge in [-0.25, -0.2) is 4.98 Å². The number of primary amides is 1. The summed E-state index contributed by atoms with van der Waals surface area (Å²) < 4.78 is 6.79. The molecule has 0 saturated carbocycles. The van der Waals surface area contributed by atoms with E-state index in [0.29, 0.717) is 28.2 Å². The van der Waals surface area contributed by atoms with Gasteiger partial charge in [0.2, 0.25) is 5.91 Å². The van der Waals surface area contributed by atoms with E-state index in [1.165, 1.54) is 15.9 Å². The molecule has 2 aromatic carbocycles. The van der Waals surface area contributed by atoms with Crippen LogP contribution in [0.4, 0.5) is 0 Å². The molecule has 2 heterocycles. The molecular weight excluding hydrogens is 410 g/mol. The number of carbonyl (C=O) groups is 1. The summed E-state index contributed by atoms with van der Waals surface area (Å²) in [5.41, 5.74) is 8.85. The minimum absolute atomic E-state index is 0.272. The van der Waals surface area contributed by atoms with Gasteiger partial charge in [-0.05, 0) is 37.1 Å². The standard InChI is InChI=1S/C24H23N3O3S/c1-4-19(21(25)28)27-22(16-9-5-7-14(2)11-16)26-23-20(24(27)29)18(13-31-23)15-8-6-10-17(12-15)30-3/h5-13,19H,4H2,1-3H3,(H2,25,28). The average molecular weight is 434 g/mol. The van der Waals surface area contributed by atoms with Crippen LogP contribution in [0.25, 0.3) is 32.7 Å². The first-order valence-electron chi connectivity index (χ1n) is 9.99. The number of thiophene rings is 1. The third-order valence-electron chi connectivity index (χ3n) is 5.32. The van der Waals surface area contributed by atoms with E-state index in [1.807, 2.05) is 67.8 Å². The van der Waals surface area contributed by atoms with E-state index >= 15 is 0 Å². The Morgan fingerprint density at radius 2 is 1.94 bits per heavy atom. The Kier molecular flexibility index (Phi) is 5.61. The zero-order valence-electron chi connectivity index (χ0n) is 17.6. The summed E-state index contributed by atoms with van der Waals surface area (Å²) in [5, 5.41) is 2.40. The normalized spacial score (nSPS) is 12.1. The van der Waals surface area contributed by atoms with Crippen LogP contribution in [0, 0.1) is 6.92 Å². The smallest absolute Gasteiger partial charge is 0.263 e. The Balaban J connectivity index is 2.06. The Morgan fingerprint density at radius 1 is 1.19 bits per heavy atom. The quantitative estimate of drug-likeness (QED) is 0.483. The van der Waals surface area contributed by atoms with Crippen molar-refractivity contribution in [2.75, 3.05) is 7.11 Å². The molecule has 1 amide bonds. The lowest BCUT2D eigenvalue weighted by Gasteiger charge is -2.19. The maximum Gasteiger partial charge on any atom is 0.263 e. The molecule has 2 aromatic heterocycles. The van der Waals surface area contributed by atoms with Crippen molar-refractivity contribution < 1.29 is 9.53 Å². The first-order chi connectivity index (χ1) is 14.9. The van der Waals surface area contributed by atoms with Crippen molar-refractivity contribution in [3.63, 3.8) is 0 Å². The van der Waals surface area contributed by atoms with Crippen molar-refractivity contribution in [1.82, 2.24) is 9.55 Å². The van der Waals surface area contributed by atoms with Crippen LogP contribution in [0.3, 0.4) is 0 Å². The monoisotopic (exact) mass is 433 g/mol. The fraction of sp³-hybridized carbons (Fsp3) is 0.208. The van der Waals surface area contributed by atoms with Crippen molar-refractivity contribution in [2.45, 2.75) is 26.3 Å². The van der Waals surface area contributed by atoms with Gasteiger partial charge in [-0.1, -0.05) is 42.8 Å². The molecule has 0 fully saturated rings. The number of fused-ring (bicyclic) bond motifs is 1. The fourth-order valence-electron chi connectivity index (χ4n) is 3.79. The van der Waals surface area contributed by atoms with Crippen molar-refractivity contribution in [3.05, 3.63) is 69.8 Å². The second-order valence-corrected chi connectivity index (χ2v) is 8.23. The minimum atomic E-state index is -0.794.